The minimum Gasteiger partial charge on any atom is -0.390 e. The Morgan fingerprint density at radius 3 is 2.68 bits per heavy atom. The van der Waals surface area contributed by atoms with E-state index in [1.807, 2.05) is 0 Å². The van der Waals surface area contributed by atoms with Crippen LogP contribution in [0.5, 0.6) is 0 Å². The fourth-order valence-corrected chi connectivity index (χ4v) is 3.05. The first-order valence-electron chi connectivity index (χ1n) is 6.44. The molecule has 5 nitrogen and oxygen atoms in total. The van der Waals surface area contributed by atoms with Crippen molar-refractivity contribution >= 4 is 11.8 Å². The molecule has 5 heteroatoms. The number of aliphatic hydroxyl groups is 2. The van der Waals surface area contributed by atoms with Gasteiger partial charge in [-0.2, -0.15) is 0 Å². The first kappa shape index (κ1) is 12.3. The molecule has 100 valence electrons. The Balaban J connectivity index is 2.07. The van der Waals surface area contributed by atoms with Gasteiger partial charge < -0.3 is 10.2 Å². The summed E-state index contributed by atoms with van der Waals surface area (Å²) in [7, 11) is 0. The Labute approximate surface area is 110 Å². The van der Waals surface area contributed by atoms with Crippen molar-refractivity contribution in [1.29, 1.82) is 0 Å². The molecule has 1 heterocycles. The number of hydrogen-bond acceptors (Lipinski definition) is 4. The smallest absolute Gasteiger partial charge is 0.259 e. The molecule has 1 aromatic rings. The average molecular weight is 261 g/mol. The van der Waals surface area contributed by atoms with Crippen LogP contribution in [0.25, 0.3) is 0 Å². The molecule has 0 bridgehead atoms. The van der Waals surface area contributed by atoms with Gasteiger partial charge in [-0.15, -0.1) is 0 Å². The molecule has 2 amide bonds. The third kappa shape index (κ3) is 1.86. The summed E-state index contributed by atoms with van der Waals surface area (Å²) in [5.74, 6) is -1.11. The second-order valence-corrected chi connectivity index (χ2v) is 5.15. The van der Waals surface area contributed by atoms with Crippen LogP contribution in [0.3, 0.4) is 0 Å². The summed E-state index contributed by atoms with van der Waals surface area (Å²) in [5, 5.41) is 22.1. The Morgan fingerprint density at radius 1 is 1.11 bits per heavy atom. The summed E-state index contributed by atoms with van der Waals surface area (Å²) < 4.78 is 0. The highest BCUT2D eigenvalue weighted by Gasteiger charge is 2.37. The Kier molecular flexibility index (Phi) is 2.88. The maximum absolute atomic E-state index is 11.9. The van der Waals surface area contributed by atoms with E-state index in [-0.39, 0.29) is 5.92 Å². The SMILES string of the molecule is O=C1NC(=O)c2c1cccc2[C@H]1CCC[C@H](O)[C@@H]1O. The summed E-state index contributed by atoms with van der Waals surface area (Å²) in [6, 6.07) is 5.06. The van der Waals surface area contributed by atoms with Gasteiger partial charge >= 0.3 is 0 Å². The van der Waals surface area contributed by atoms with Crippen molar-refractivity contribution in [3.8, 4) is 0 Å². The van der Waals surface area contributed by atoms with E-state index in [1.165, 1.54) is 0 Å². The predicted octanol–water partition coefficient (Wildman–Crippen LogP) is 0.559. The highest BCUT2D eigenvalue weighted by molar-refractivity contribution is 6.22. The van der Waals surface area contributed by atoms with E-state index in [1.54, 1.807) is 18.2 Å². The van der Waals surface area contributed by atoms with E-state index in [2.05, 4.69) is 5.32 Å². The molecule has 2 aliphatic rings. The number of nitrogens with one attached hydrogen (secondary N) is 1. The molecule has 3 atom stereocenters. The highest BCUT2D eigenvalue weighted by Crippen LogP contribution is 2.36. The summed E-state index contributed by atoms with van der Waals surface area (Å²) in [6.07, 6.45) is 0.411. The zero-order chi connectivity index (χ0) is 13.6. The van der Waals surface area contributed by atoms with E-state index in [0.717, 1.165) is 6.42 Å². The van der Waals surface area contributed by atoms with Crippen molar-refractivity contribution in [2.24, 2.45) is 0 Å². The summed E-state index contributed by atoms with van der Waals surface area (Å²) >= 11 is 0. The standard InChI is InChI=1S/C14H15NO4/c16-10-6-2-4-8(12(10)17)7-3-1-5-9-11(7)14(19)15-13(9)18/h1,3,5,8,10,12,16-17H,2,4,6H2,(H,15,18,19)/t8-,10+,12-/m1/s1. The molecule has 0 aromatic heterocycles. The van der Waals surface area contributed by atoms with Crippen LogP contribution in [-0.4, -0.2) is 34.2 Å². The van der Waals surface area contributed by atoms with Crippen molar-refractivity contribution < 1.29 is 19.8 Å². The molecule has 1 fully saturated rings. The van der Waals surface area contributed by atoms with Gasteiger partial charge in [0.1, 0.15) is 0 Å². The molecule has 3 N–H and O–H groups in total. The van der Waals surface area contributed by atoms with E-state index < -0.39 is 24.0 Å². The zero-order valence-corrected chi connectivity index (χ0v) is 10.3. The monoisotopic (exact) mass is 261 g/mol. The third-order valence-electron chi connectivity index (χ3n) is 4.02. The number of benzene rings is 1. The van der Waals surface area contributed by atoms with Crippen molar-refractivity contribution in [3.05, 3.63) is 34.9 Å². The van der Waals surface area contributed by atoms with Crippen molar-refractivity contribution in [2.45, 2.75) is 37.4 Å². The quantitative estimate of drug-likeness (QED) is 0.645. The fourth-order valence-electron chi connectivity index (χ4n) is 3.05. The van der Waals surface area contributed by atoms with Gasteiger partial charge in [-0.1, -0.05) is 18.6 Å². The molecule has 1 saturated carbocycles. The molecule has 0 radical (unpaired) electrons. The maximum atomic E-state index is 11.9. The second kappa shape index (κ2) is 4.43. The molecule has 1 aliphatic carbocycles. The zero-order valence-electron chi connectivity index (χ0n) is 10.3. The van der Waals surface area contributed by atoms with Gasteiger partial charge in [-0.05, 0) is 24.5 Å². The van der Waals surface area contributed by atoms with Gasteiger partial charge in [0.2, 0.25) is 0 Å². The fraction of sp³-hybridized carbons (Fsp3) is 0.429. The van der Waals surface area contributed by atoms with E-state index in [4.69, 9.17) is 0 Å². The Morgan fingerprint density at radius 2 is 1.89 bits per heavy atom. The molecule has 0 saturated heterocycles. The molecule has 1 aliphatic heterocycles. The van der Waals surface area contributed by atoms with E-state index in [0.29, 0.717) is 29.5 Å². The summed E-state index contributed by atoms with van der Waals surface area (Å²) in [6.45, 7) is 0. The molecular formula is C14H15NO4. The number of aliphatic hydroxyl groups excluding tert-OH is 2. The third-order valence-corrected chi connectivity index (χ3v) is 4.02. The van der Waals surface area contributed by atoms with Crippen molar-refractivity contribution in [1.82, 2.24) is 5.32 Å². The van der Waals surface area contributed by atoms with Crippen LogP contribution in [0, 0.1) is 0 Å². The van der Waals surface area contributed by atoms with Crippen LogP contribution in [0.2, 0.25) is 0 Å². The summed E-state index contributed by atoms with van der Waals surface area (Å²) in [4.78, 5) is 23.5. The lowest BCUT2D eigenvalue weighted by atomic mass is 9.78. The Bertz CT molecular complexity index is 554. The lowest BCUT2D eigenvalue weighted by Crippen LogP contribution is -2.36. The first-order valence-corrected chi connectivity index (χ1v) is 6.44. The van der Waals surface area contributed by atoms with Crippen LogP contribution < -0.4 is 5.32 Å². The molecule has 3 rings (SSSR count). The summed E-state index contributed by atoms with van der Waals surface area (Å²) in [5.41, 5.74) is 1.37. The van der Waals surface area contributed by atoms with Crippen molar-refractivity contribution in [2.75, 3.05) is 0 Å². The number of hydrogen-bond donors (Lipinski definition) is 3. The van der Waals surface area contributed by atoms with Crippen LogP contribution in [0.15, 0.2) is 18.2 Å². The topological polar surface area (TPSA) is 86.6 Å². The van der Waals surface area contributed by atoms with Gasteiger partial charge in [-0.25, -0.2) is 0 Å². The number of fused-ring (bicyclic) bond motifs is 1. The molecule has 19 heavy (non-hydrogen) atoms. The molecule has 0 spiro atoms. The number of imide groups is 1. The number of carbonyl (C=O) groups excluding carboxylic acids is 2. The number of carbonyl (C=O) groups is 2. The average Bonchev–Trinajstić information content (AvgIpc) is 2.69. The maximum Gasteiger partial charge on any atom is 0.259 e. The lowest BCUT2D eigenvalue weighted by molar-refractivity contribution is -0.0228. The van der Waals surface area contributed by atoms with Gasteiger partial charge in [0.25, 0.3) is 11.8 Å². The van der Waals surface area contributed by atoms with E-state index in [9.17, 15) is 19.8 Å². The molecule has 1 aromatic carbocycles. The van der Waals surface area contributed by atoms with Crippen LogP contribution in [-0.2, 0) is 0 Å². The second-order valence-electron chi connectivity index (χ2n) is 5.15. The van der Waals surface area contributed by atoms with Gasteiger partial charge in [0.05, 0.1) is 23.3 Å². The normalized spacial score (nSPS) is 30.1. The largest absolute Gasteiger partial charge is 0.390 e. The van der Waals surface area contributed by atoms with Gasteiger partial charge in [0.15, 0.2) is 0 Å². The Hall–Kier alpha value is -1.72. The van der Waals surface area contributed by atoms with Gasteiger partial charge in [-0.3, -0.25) is 14.9 Å². The van der Waals surface area contributed by atoms with Crippen LogP contribution in [0.1, 0.15) is 51.5 Å². The lowest BCUT2D eigenvalue weighted by Gasteiger charge is -2.32. The van der Waals surface area contributed by atoms with Crippen molar-refractivity contribution in [3.63, 3.8) is 0 Å². The highest BCUT2D eigenvalue weighted by atomic mass is 16.3. The first-order chi connectivity index (χ1) is 9.09. The predicted molar refractivity (Wildman–Crippen MR) is 66.8 cm³/mol. The van der Waals surface area contributed by atoms with Crippen LogP contribution in [0.4, 0.5) is 0 Å². The minimum atomic E-state index is -0.885. The van der Waals surface area contributed by atoms with Gasteiger partial charge in [0, 0.05) is 5.92 Å². The number of rotatable bonds is 1. The number of amides is 2. The van der Waals surface area contributed by atoms with Crippen LogP contribution >= 0.6 is 0 Å². The minimum absolute atomic E-state index is 0.296. The molecular weight excluding hydrogens is 246 g/mol. The molecule has 0 unspecified atom stereocenters. The van der Waals surface area contributed by atoms with E-state index >= 15 is 0 Å².